The third-order valence-electron chi connectivity index (χ3n) is 1.51. The Labute approximate surface area is 94.2 Å². The zero-order valence-electron chi connectivity index (χ0n) is 7.24. The van der Waals surface area contributed by atoms with Crippen LogP contribution < -0.4 is 34.9 Å². The molecule has 1 aliphatic carbocycles. The Balaban J connectivity index is 0.000000605. The molecule has 2 nitrogen and oxygen atoms in total. The Morgan fingerprint density at radius 1 is 1.55 bits per heavy atom. The van der Waals surface area contributed by atoms with Crippen molar-refractivity contribution < 1.29 is 31.0 Å². The SMILES string of the molecule is S=C1N=C2C=CC=CC2N1.[H-].[Na+]. The monoisotopic (exact) mass is 174 g/mol. The summed E-state index contributed by atoms with van der Waals surface area (Å²) in [5.41, 5.74) is 1.02. The predicted octanol–water partition coefficient (Wildman–Crippen LogP) is -2.07. The van der Waals surface area contributed by atoms with Crippen LogP contribution in [0.4, 0.5) is 0 Å². The van der Waals surface area contributed by atoms with Crippen LogP contribution in [0.3, 0.4) is 0 Å². The molecule has 1 atom stereocenters. The van der Waals surface area contributed by atoms with Gasteiger partial charge >= 0.3 is 29.6 Å². The van der Waals surface area contributed by atoms with Crippen LogP contribution in [0.1, 0.15) is 1.43 Å². The smallest absolute Gasteiger partial charge is 1.00 e. The largest absolute Gasteiger partial charge is 1.00 e. The van der Waals surface area contributed by atoms with E-state index in [1.807, 2.05) is 24.3 Å². The fraction of sp³-hybridized carbons (Fsp3) is 0.143. The minimum atomic E-state index is 0. The van der Waals surface area contributed by atoms with Crippen LogP contribution in [-0.2, 0) is 0 Å². The third kappa shape index (κ3) is 1.79. The van der Waals surface area contributed by atoms with E-state index in [0.29, 0.717) is 5.11 Å². The molecule has 0 aromatic heterocycles. The number of thiocarbonyl (C=S) groups is 1. The average molecular weight is 174 g/mol. The third-order valence-corrected chi connectivity index (χ3v) is 1.72. The van der Waals surface area contributed by atoms with Gasteiger partial charge in [-0.15, -0.1) is 0 Å². The minimum Gasteiger partial charge on any atom is -1.00 e. The van der Waals surface area contributed by atoms with E-state index < -0.39 is 0 Å². The zero-order chi connectivity index (χ0) is 6.97. The van der Waals surface area contributed by atoms with Crippen LogP contribution >= 0.6 is 12.2 Å². The molecule has 1 heterocycles. The number of allylic oxidation sites excluding steroid dienone is 2. The molecule has 4 heteroatoms. The first-order chi connectivity index (χ1) is 4.86. The number of aliphatic imine (C=N–C) groups is 1. The summed E-state index contributed by atoms with van der Waals surface area (Å²) in [5.74, 6) is 0. The van der Waals surface area contributed by atoms with Crippen molar-refractivity contribution in [2.45, 2.75) is 6.04 Å². The van der Waals surface area contributed by atoms with E-state index in [-0.39, 0.29) is 37.0 Å². The fourth-order valence-electron chi connectivity index (χ4n) is 1.04. The maximum absolute atomic E-state index is 4.87. The summed E-state index contributed by atoms with van der Waals surface area (Å²) in [6.45, 7) is 0. The molecule has 0 bridgehead atoms. The number of hydrogen-bond acceptors (Lipinski definition) is 1. The van der Waals surface area contributed by atoms with Crippen molar-refractivity contribution in [2.24, 2.45) is 4.99 Å². The van der Waals surface area contributed by atoms with Gasteiger partial charge in [-0.25, -0.2) is 4.99 Å². The van der Waals surface area contributed by atoms with E-state index >= 15 is 0 Å². The van der Waals surface area contributed by atoms with E-state index in [9.17, 15) is 0 Å². The summed E-state index contributed by atoms with van der Waals surface area (Å²) in [5, 5.41) is 3.64. The van der Waals surface area contributed by atoms with Crippen LogP contribution in [0.5, 0.6) is 0 Å². The molecule has 2 aliphatic rings. The van der Waals surface area contributed by atoms with Gasteiger partial charge in [0.1, 0.15) is 0 Å². The van der Waals surface area contributed by atoms with Crippen LogP contribution in [0, 0.1) is 0 Å². The normalized spacial score (nSPS) is 25.3. The van der Waals surface area contributed by atoms with Crippen molar-refractivity contribution in [1.82, 2.24) is 5.32 Å². The molecule has 1 N–H and O–H groups in total. The number of nitrogens with zero attached hydrogens (tertiary/aromatic N) is 1. The van der Waals surface area contributed by atoms with Crippen molar-refractivity contribution in [3.63, 3.8) is 0 Å². The molecule has 1 aliphatic heterocycles. The van der Waals surface area contributed by atoms with Gasteiger partial charge in [0.15, 0.2) is 5.11 Å². The van der Waals surface area contributed by atoms with Crippen LogP contribution in [0.2, 0.25) is 0 Å². The predicted molar refractivity (Wildman–Crippen MR) is 46.3 cm³/mol. The minimum absolute atomic E-state index is 0. The number of rotatable bonds is 0. The number of hydrogen-bond donors (Lipinski definition) is 1. The molecule has 2 rings (SSSR count). The van der Waals surface area contributed by atoms with E-state index in [2.05, 4.69) is 10.3 Å². The molecule has 0 fully saturated rings. The maximum atomic E-state index is 4.87. The van der Waals surface area contributed by atoms with Crippen LogP contribution in [0.25, 0.3) is 0 Å². The Kier molecular flexibility index (Phi) is 3.01. The summed E-state index contributed by atoms with van der Waals surface area (Å²) in [4.78, 5) is 4.11. The maximum Gasteiger partial charge on any atom is 1.00 e. The summed E-state index contributed by atoms with van der Waals surface area (Å²) >= 11 is 4.87. The van der Waals surface area contributed by atoms with Gasteiger partial charge in [-0.3, -0.25) is 0 Å². The molecule has 0 amide bonds. The van der Waals surface area contributed by atoms with Crippen molar-refractivity contribution in [3.8, 4) is 0 Å². The van der Waals surface area contributed by atoms with Gasteiger partial charge in [0.25, 0.3) is 0 Å². The first kappa shape index (κ1) is 9.13. The molecule has 0 saturated heterocycles. The Bertz CT molecular complexity index is 273. The molecule has 52 valence electrons. The molecule has 0 aromatic rings. The van der Waals surface area contributed by atoms with Gasteiger partial charge in [-0.1, -0.05) is 18.2 Å². The van der Waals surface area contributed by atoms with Gasteiger partial charge in [0.05, 0.1) is 11.8 Å². The van der Waals surface area contributed by atoms with Gasteiger partial charge in [-0.2, -0.15) is 0 Å². The number of fused-ring (bicyclic) bond motifs is 1. The van der Waals surface area contributed by atoms with E-state index in [1.165, 1.54) is 0 Å². The second-order valence-electron chi connectivity index (χ2n) is 2.21. The molecule has 0 radical (unpaired) electrons. The van der Waals surface area contributed by atoms with Crippen molar-refractivity contribution in [2.75, 3.05) is 0 Å². The Morgan fingerprint density at radius 2 is 2.36 bits per heavy atom. The average Bonchev–Trinajstić information content (AvgIpc) is 2.27. The van der Waals surface area contributed by atoms with E-state index in [1.54, 1.807) is 0 Å². The Morgan fingerprint density at radius 3 is 3.09 bits per heavy atom. The van der Waals surface area contributed by atoms with Gasteiger partial charge in [0.2, 0.25) is 0 Å². The van der Waals surface area contributed by atoms with Crippen molar-refractivity contribution in [1.29, 1.82) is 0 Å². The standard InChI is InChI=1S/C7H6N2S.Na.H/c10-7-8-5-3-1-2-4-6(5)9-7;;/h1-5H,(H,8,10);;/q;+1;-1. The summed E-state index contributed by atoms with van der Waals surface area (Å²) < 4.78 is 0. The second kappa shape index (κ2) is 3.63. The quantitative estimate of drug-likeness (QED) is 0.337. The fourth-order valence-corrected chi connectivity index (χ4v) is 1.28. The number of nitrogens with one attached hydrogen (secondary N) is 1. The molecule has 0 aromatic carbocycles. The molecular formula is C7H7N2NaS. The van der Waals surface area contributed by atoms with Gasteiger partial charge in [-0.05, 0) is 18.3 Å². The topological polar surface area (TPSA) is 24.4 Å². The first-order valence-electron chi connectivity index (χ1n) is 3.10. The van der Waals surface area contributed by atoms with Crippen molar-refractivity contribution >= 4 is 23.0 Å². The second-order valence-corrected chi connectivity index (χ2v) is 2.59. The molecule has 11 heavy (non-hydrogen) atoms. The molecule has 1 unspecified atom stereocenters. The van der Waals surface area contributed by atoms with Gasteiger partial charge < -0.3 is 6.74 Å². The van der Waals surface area contributed by atoms with E-state index in [0.717, 1.165) is 5.71 Å². The van der Waals surface area contributed by atoms with E-state index in [4.69, 9.17) is 12.2 Å². The molecular weight excluding hydrogens is 167 g/mol. The first-order valence-corrected chi connectivity index (χ1v) is 3.51. The Hall–Kier alpha value is 0.0400. The summed E-state index contributed by atoms with van der Waals surface area (Å²) in [6, 6.07) is 0.234. The molecule has 0 spiro atoms. The van der Waals surface area contributed by atoms with Crippen LogP contribution in [-0.4, -0.2) is 16.9 Å². The molecule has 0 saturated carbocycles. The zero-order valence-corrected chi connectivity index (χ0v) is 9.06. The van der Waals surface area contributed by atoms with Crippen LogP contribution in [0.15, 0.2) is 29.3 Å². The van der Waals surface area contributed by atoms with Crippen molar-refractivity contribution in [3.05, 3.63) is 24.3 Å². The van der Waals surface area contributed by atoms with Gasteiger partial charge in [0, 0.05) is 0 Å². The summed E-state index contributed by atoms with van der Waals surface area (Å²) in [6.07, 6.45) is 7.96. The summed E-state index contributed by atoms with van der Waals surface area (Å²) in [7, 11) is 0.